The summed E-state index contributed by atoms with van der Waals surface area (Å²) in [5.41, 5.74) is 7.94. The first-order valence-electron chi connectivity index (χ1n) is 13.3. The highest BCUT2D eigenvalue weighted by Crippen LogP contribution is 2.22. The minimum atomic E-state index is 0.0219. The van der Waals surface area contributed by atoms with Gasteiger partial charge in [-0.25, -0.2) is 4.98 Å². The van der Waals surface area contributed by atoms with Gasteiger partial charge in [0.05, 0.1) is 11.0 Å². The standard InChI is InChI=1S/C32H39N3O/c1-5-24(3)27-17-15-26(16-18-27)22-35-30-12-9-8-11-29(30)34-31(35)13-7-6-10-20-33-32(36)28-19-14-23(2)21-25(28)4/h8-9,11-12,14-19,21,24H,5-7,10,13,20,22H2,1-4H3,(H,33,36). The number of carbonyl (C=O) groups is 1. The van der Waals surface area contributed by atoms with Crippen molar-refractivity contribution in [2.24, 2.45) is 0 Å². The lowest BCUT2D eigenvalue weighted by atomic mass is 9.97. The van der Waals surface area contributed by atoms with Gasteiger partial charge in [-0.05, 0) is 73.9 Å². The van der Waals surface area contributed by atoms with Crippen LogP contribution in [0.1, 0.15) is 83.9 Å². The number of imidazole rings is 1. The molecule has 1 N–H and O–H groups in total. The second-order valence-electron chi connectivity index (χ2n) is 10.0. The summed E-state index contributed by atoms with van der Waals surface area (Å²) in [7, 11) is 0. The molecule has 1 aromatic heterocycles. The van der Waals surface area contributed by atoms with Crippen molar-refractivity contribution < 1.29 is 4.79 Å². The Balaban J connectivity index is 1.33. The number of amides is 1. The molecule has 0 saturated heterocycles. The van der Waals surface area contributed by atoms with Gasteiger partial charge in [-0.2, -0.15) is 0 Å². The molecule has 0 saturated carbocycles. The largest absolute Gasteiger partial charge is 0.352 e. The molecule has 36 heavy (non-hydrogen) atoms. The molecule has 4 heteroatoms. The second kappa shape index (κ2) is 12.0. The molecule has 1 heterocycles. The summed E-state index contributed by atoms with van der Waals surface area (Å²) in [6.45, 7) is 10.1. The molecular formula is C32H39N3O. The van der Waals surface area contributed by atoms with Crippen molar-refractivity contribution in [1.29, 1.82) is 0 Å². The number of aryl methyl sites for hydroxylation is 3. The zero-order chi connectivity index (χ0) is 25.5. The van der Waals surface area contributed by atoms with Crippen molar-refractivity contribution >= 4 is 16.9 Å². The highest BCUT2D eigenvalue weighted by Gasteiger charge is 2.12. The van der Waals surface area contributed by atoms with Gasteiger partial charge in [0, 0.05) is 25.1 Å². The molecule has 1 amide bonds. The Labute approximate surface area is 215 Å². The summed E-state index contributed by atoms with van der Waals surface area (Å²) in [5.74, 6) is 1.75. The molecule has 0 aliphatic rings. The van der Waals surface area contributed by atoms with Gasteiger partial charge >= 0.3 is 0 Å². The summed E-state index contributed by atoms with van der Waals surface area (Å²) in [4.78, 5) is 17.5. The van der Waals surface area contributed by atoms with Crippen molar-refractivity contribution in [3.63, 3.8) is 0 Å². The van der Waals surface area contributed by atoms with Crippen LogP contribution in [0.15, 0.2) is 66.7 Å². The molecule has 4 rings (SSSR count). The van der Waals surface area contributed by atoms with Crippen molar-refractivity contribution in [1.82, 2.24) is 14.9 Å². The molecule has 0 bridgehead atoms. The average molecular weight is 482 g/mol. The van der Waals surface area contributed by atoms with E-state index in [1.54, 1.807) is 0 Å². The molecule has 4 nitrogen and oxygen atoms in total. The molecule has 1 unspecified atom stereocenters. The Morgan fingerprint density at radius 3 is 2.50 bits per heavy atom. The minimum absolute atomic E-state index is 0.0219. The molecule has 0 aliphatic heterocycles. The summed E-state index contributed by atoms with van der Waals surface area (Å²) >= 11 is 0. The average Bonchev–Trinajstić information content (AvgIpc) is 3.23. The van der Waals surface area contributed by atoms with Crippen molar-refractivity contribution in [3.05, 3.63) is 100 Å². The van der Waals surface area contributed by atoms with Crippen molar-refractivity contribution in [2.75, 3.05) is 6.54 Å². The third kappa shape index (κ3) is 6.23. The third-order valence-corrected chi connectivity index (χ3v) is 7.22. The number of fused-ring (bicyclic) bond motifs is 1. The molecule has 4 aromatic rings. The lowest BCUT2D eigenvalue weighted by molar-refractivity contribution is 0.0952. The SMILES string of the molecule is CCC(C)c1ccc(Cn2c(CCCCCNC(=O)c3ccc(C)cc3C)nc3ccccc32)cc1. The number of hydrogen-bond donors (Lipinski definition) is 1. The van der Waals surface area contributed by atoms with Crippen LogP contribution < -0.4 is 5.32 Å². The van der Waals surface area contributed by atoms with E-state index in [0.29, 0.717) is 12.5 Å². The van der Waals surface area contributed by atoms with Gasteiger partial charge in [0.1, 0.15) is 5.82 Å². The van der Waals surface area contributed by atoms with E-state index >= 15 is 0 Å². The van der Waals surface area contributed by atoms with Gasteiger partial charge in [0.25, 0.3) is 5.91 Å². The van der Waals surface area contributed by atoms with Gasteiger partial charge in [0.2, 0.25) is 0 Å². The zero-order valence-electron chi connectivity index (χ0n) is 22.2. The topological polar surface area (TPSA) is 46.9 Å². The lowest BCUT2D eigenvalue weighted by Crippen LogP contribution is -2.25. The first-order chi connectivity index (χ1) is 17.5. The first kappa shape index (κ1) is 25.7. The number of nitrogens with one attached hydrogen (secondary N) is 1. The Morgan fingerprint density at radius 2 is 1.75 bits per heavy atom. The fourth-order valence-corrected chi connectivity index (χ4v) is 4.81. The summed E-state index contributed by atoms with van der Waals surface area (Å²) < 4.78 is 2.37. The van der Waals surface area contributed by atoms with Crippen LogP contribution in [0, 0.1) is 13.8 Å². The van der Waals surface area contributed by atoms with Gasteiger partial charge in [-0.1, -0.05) is 74.4 Å². The number of rotatable bonds is 11. The molecule has 0 radical (unpaired) electrons. The molecule has 0 spiro atoms. The van der Waals surface area contributed by atoms with E-state index < -0.39 is 0 Å². The molecule has 1 atom stereocenters. The van der Waals surface area contributed by atoms with Gasteiger partial charge in [-0.15, -0.1) is 0 Å². The van der Waals surface area contributed by atoms with E-state index in [-0.39, 0.29) is 5.91 Å². The van der Waals surface area contributed by atoms with E-state index in [2.05, 4.69) is 78.3 Å². The van der Waals surface area contributed by atoms with Crippen LogP contribution in [0.3, 0.4) is 0 Å². The van der Waals surface area contributed by atoms with Crippen LogP contribution in [0.4, 0.5) is 0 Å². The van der Waals surface area contributed by atoms with Gasteiger partial charge in [0.15, 0.2) is 0 Å². The monoisotopic (exact) mass is 481 g/mol. The molecule has 0 aliphatic carbocycles. The normalized spacial score (nSPS) is 12.1. The van der Waals surface area contributed by atoms with E-state index in [1.165, 1.54) is 22.2 Å². The number of nitrogens with zero attached hydrogens (tertiary/aromatic N) is 2. The van der Waals surface area contributed by atoms with Crippen LogP contribution >= 0.6 is 0 Å². The first-order valence-corrected chi connectivity index (χ1v) is 13.3. The van der Waals surface area contributed by atoms with E-state index in [9.17, 15) is 4.79 Å². The number of unbranched alkanes of at least 4 members (excludes halogenated alkanes) is 2. The van der Waals surface area contributed by atoms with Crippen LogP contribution in [0.5, 0.6) is 0 Å². The Bertz CT molecular complexity index is 1300. The molecule has 0 fully saturated rings. The molecule has 3 aromatic carbocycles. The summed E-state index contributed by atoms with van der Waals surface area (Å²) in [6, 6.07) is 23.5. The summed E-state index contributed by atoms with van der Waals surface area (Å²) in [6.07, 6.45) is 5.17. The van der Waals surface area contributed by atoms with Gasteiger partial charge in [-0.3, -0.25) is 4.79 Å². The fraction of sp³-hybridized carbons (Fsp3) is 0.375. The van der Waals surface area contributed by atoms with Crippen LogP contribution in [0.25, 0.3) is 11.0 Å². The van der Waals surface area contributed by atoms with Crippen molar-refractivity contribution in [3.8, 4) is 0 Å². The van der Waals surface area contributed by atoms with E-state index in [1.807, 2.05) is 26.0 Å². The van der Waals surface area contributed by atoms with E-state index in [4.69, 9.17) is 4.98 Å². The lowest BCUT2D eigenvalue weighted by Gasteiger charge is -2.12. The highest BCUT2D eigenvalue weighted by atomic mass is 16.1. The number of carbonyl (C=O) groups excluding carboxylic acids is 1. The maximum atomic E-state index is 12.5. The number of aromatic nitrogens is 2. The Morgan fingerprint density at radius 1 is 0.972 bits per heavy atom. The third-order valence-electron chi connectivity index (χ3n) is 7.22. The Hall–Kier alpha value is -3.40. The molecule has 188 valence electrons. The molecular weight excluding hydrogens is 442 g/mol. The van der Waals surface area contributed by atoms with E-state index in [0.717, 1.165) is 61.1 Å². The fourth-order valence-electron chi connectivity index (χ4n) is 4.81. The van der Waals surface area contributed by atoms with Crippen molar-refractivity contribution in [2.45, 2.75) is 72.3 Å². The smallest absolute Gasteiger partial charge is 0.251 e. The second-order valence-corrected chi connectivity index (χ2v) is 10.0. The zero-order valence-corrected chi connectivity index (χ0v) is 22.2. The Kier molecular flexibility index (Phi) is 8.58. The summed E-state index contributed by atoms with van der Waals surface area (Å²) in [5, 5.41) is 3.08. The predicted octanol–water partition coefficient (Wildman–Crippen LogP) is 7.36. The quantitative estimate of drug-likeness (QED) is 0.228. The van der Waals surface area contributed by atoms with Crippen LogP contribution in [0.2, 0.25) is 0 Å². The van der Waals surface area contributed by atoms with Crippen LogP contribution in [-0.4, -0.2) is 22.0 Å². The van der Waals surface area contributed by atoms with Crippen LogP contribution in [-0.2, 0) is 13.0 Å². The van der Waals surface area contributed by atoms with Gasteiger partial charge < -0.3 is 9.88 Å². The maximum absolute atomic E-state index is 12.5. The number of hydrogen-bond acceptors (Lipinski definition) is 2. The highest BCUT2D eigenvalue weighted by molar-refractivity contribution is 5.95. The number of para-hydroxylation sites is 2. The number of benzene rings is 3. The predicted molar refractivity (Wildman–Crippen MR) is 150 cm³/mol. The maximum Gasteiger partial charge on any atom is 0.251 e. The minimum Gasteiger partial charge on any atom is -0.352 e.